The molecular formula is C54H86N4. The van der Waals surface area contributed by atoms with E-state index in [1.807, 2.05) is 0 Å². The van der Waals surface area contributed by atoms with E-state index in [2.05, 4.69) is 47.7 Å². The Kier molecular flexibility index (Phi) is 8.78. The lowest BCUT2D eigenvalue weighted by atomic mass is 9.49. The highest BCUT2D eigenvalue weighted by Crippen LogP contribution is 2.73. The first-order valence-corrected chi connectivity index (χ1v) is 27.6. The number of nitrogens with one attached hydrogen (secondary N) is 1. The van der Waals surface area contributed by atoms with Crippen molar-refractivity contribution in [2.24, 2.45) is 94.7 Å². The zero-order chi connectivity index (χ0) is 38.3. The SMILES string of the molecule is CC(C)C1C2C3CC4C(C5CCCCC5N4C4CCCCC4)C4C5CCCCC5N(C34)C2C(C(C)C)C2C3CC4NC5CCCCC5C4C4C5CCCCC5N(C34)C12. The molecule has 1 N–H and O–H groups in total. The minimum atomic E-state index is 0.813. The van der Waals surface area contributed by atoms with Crippen LogP contribution < -0.4 is 5.32 Å². The summed E-state index contributed by atoms with van der Waals surface area (Å²) in [4.78, 5) is 10.6. The van der Waals surface area contributed by atoms with E-state index in [-0.39, 0.29) is 0 Å². The standard InChI is InChI=1S/C54H86N4/c1-28(2)43-49-35-26-38-45(31-18-8-12-22-37(31)55-38)47-33-20-10-14-24-40(33)57(51(35)47)53(49)44(29(3)4)50-36-27-42-46(48-34-21-11-15-25-41(34)58(52(36)48)54(43)50)32-19-9-13-23-39(32)56(42)30-16-6-5-7-17-30/h28-55H,5-27H2,1-4H3. The summed E-state index contributed by atoms with van der Waals surface area (Å²) in [5.41, 5.74) is 0. The molecule has 8 aliphatic carbocycles. The normalized spacial score (nSPS) is 59.5. The van der Waals surface area contributed by atoms with E-state index < -0.39 is 0 Å². The summed E-state index contributed by atoms with van der Waals surface area (Å²) < 4.78 is 0. The van der Waals surface area contributed by atoms with Crippen molar-refractivity contribution in [1.29, 1.82) is 0 Å². The third-order valence-corrected chi connectivity index (χ3v) is 24.0. The number of nitrogens with zero attached hydrogens (tertiary/aromatic N) is 3. The molecule has 6 heterocycles. The highest BCUT2D eigenvalue weighted by molar-refractivity contribution is 5.30. The van der Waals surface area contributed by atoms with Crippen molar-refractivity contribution in [3.05, 3.63) is 0 Å². The lowest BCUT2D eigenvalue weighted by molar-refractivity contribution is -0.0864. The Morgan fingerprint density at radius 2 is 0.810 bits per heavy atom. The van der Waals surface area contributed by atoms with E-state index in [0.29, 0.717) is 0 Å². The summed E-state index contributed by atoms with van der Waals surface area (Å²) in [6.07, 6.45) is 35.4. The fourth-order valence-electron chi connectivity index (χ4n) is 23.5. The molecule has 14 aliphatic rings. The molecule has 0 aromatic rings. The summed E-state index contributed by atoms with van der Waals surface area (Å²) >= 11 is 0. The van der Waals surface area contributed by atoms with Crippen molar-refractivity contribution in [3.8, 4) is 0 Å². The number of likely N-dealkylation sites (tertiary alicyclic amines) is 1. The molecule has 58 heavy (non-hydrogen) atoms. The van der Waals surface area contributed by atoms with Crippen LogP contribution >= 0.6 is 0 Å². The number of rotatable bonds is 3. The fourth-order valence-corrected chi connectivity index (χ4v) is 23.5. The predicted octanol–water partition coefficient (Wildman–Crippen LogP) is 10.6. The molecule has 6 aliphatic heterocycles. The number of fused-ring (bicyclic) bond motifs is 20. The van der Waals surface area contributed by atoms with Gasteiger partial charge in [0.15, 0.2) is 0 Å². The molecule has 322 valence electrons. The van der Waals surface area contributed by atoms with Crippen LogP contribution in [0.25, 0.3) is 0 Å². The van der Waals surface area contributed by atoms with Gasteiger partial charge in [0.1, 0.15) is 0 Å². The van der Waals surface area contributed by atoms with Gasteiger partial charge in [-0.25, -0.2) is 0 Å². The second-order valence-corrected chi connectivity index (χ2v) is 25.9. The Labute approximate surface area is 355 Å². The summed E-state index contributed by atoms with van der Waals surface area (Å²) in [5.74, 6) is 15.4. The Morgan fingerprint density at radius 3 is 1.40 bits per heavy atom. The molecule has 0 aromatic carbocycles. The average molecular weight is 791 g/mol. The van der Waals surface area contributed by atoms with E-state index in [1.165, 1.54) is 77.0 Å². The van der Waals surface area contributed by atoms with Gasteiger partial charge in [0, 0.05) is 66.5 Å². The first-order chi connectivity index (χ1) is 28.5. The third-order valence-electron chi connectivity index (χ3n) is 24.0. The molecule has 0 amide bonds. The van der Waals surface area contributed by atoms with Gasteiger partial charge in [-0.15, -0.1) is 0 Å². The molecule has 14 fully saturated rings. The molecule has 24 atom stereocenters. The van der Waals surface area contributed by atoms with E-state index in [9.17, 15) is 0 Å². The molecule has 0 aromatic heterocycles. The molecular weight excluding hydrogens is 705 g/mol. The topological polar surface area (TPSA) is 21.8 Å². The smallest absolute Gasteiger partial charge is 0.0170 e. The Balaban J connectivity index is 0.916. The van der Waals surface area contributed by atoms with Crippen molar-refractivity contribution >= 4 is 0 Å². The fraction of sp³-hybridized carbons (Fsp3) is 1.00. The van der Waals surface area contributed by atoms with Crippen LogP contribution in [0.5, 0.6) is 0 Å². The lowest BCUT2D eigenvalue weighted by Gasteiger charge is -2.58. The first-order valence-electron chi connectivity index (χ1n) is 27.6. The van der Waals surface area contributed by atoms with Crippen LogP contribution in [0.15, 0.2) is 0 Å². The highest BCUT2D eigenvalue weighted by Gasteiger charge is 2.78. The van der Waals surface area contributed by atoms with Gasteiger partial charge in [-0.2, -0.15) is 0 Å². The largest absolute Gasteiger partial charge is 0.311 e. The van der Waals surface area contributed by atoms with Gasteiger partial charge in [0.25, 0.3) is 0 Å². The van der Waals surface area contributed by atoms with Crippen LogP contribution in [-0.2, 0) is 0 Å². The van der Waals surface area contributed by atoms with Crippen LogP contribution in [0.4, 0.5) is 0 Å². The summed E-state index contributed by atoms with van der Waals surface area (Å²) in [6, 6.07) is 9.91. The number of hydrogen-bond donors (Lipinski definition) is 1. The monoisotopic (exact) mass is 791 g/mol. The molecule has 14 rings (SSSR count). The van der Waals surface area contributed by atoms with Crippen molar-refractivity contribution in [2.45, 2.75) is 242 Å². The maximum Gasteiger partial charge on any atom is 0.0170 e. The summed E-state index contributed by atoms with van der Waals surface area (Å²) in [6.45, 7) is 11.2. The minimum Gasteiger partial charge on any atom is -0.311 e. The molecule has 0 radical (unpaired) electrons. The predicted molar refractivity (Wildman–Crippen MR) is 235 cm³/mol. The van der Waals surface area contributed by atoms with Gasteiger partial charge in [-0.05, 0) is 172 Å². The lowest BCUT2D eigenvalue weighted by Crippen LogP contribution is -2.63. The van der Waals surface area contributed by atoms with Gasteiger partial charge < -0.3 is 5.32 Å². The minimum absolute atomic E-state index is 0.813. The second kappa shape index (κ2) is 13.7. The van der Waals surface area contributed by atoms with E-state index in [0.717, 1.165) is 161 Å². The molecule has 0 spiro atoms. The van der Waals surface area contributed by atoms with Crippen LogP contribution in [-0.4, -0.2) is 81.2 Å². The van der Waals surface area contributed by atoms with Crippen LogP contribution in [0.3, 0.4) is 0 Å². The van der Waals surface area contributed by atoms with E-state index in [4.69, 9.17) is 0 Å². The van der Waals surface area contributed by atoms with Crippen LogP contribution in [0, 0.1) is 94.7 Å². The maximum absolute atomic E-state index is 4.55. The highest BCUT2D eigenvalue weighted by atomic mass is 15.4. The molecule has 6 saturated heterocycles. The summed E-state index contributed by atoms with van der Waals surface area (Å²) in [5, 5.41) is 4.55. The van der Waals surface area contributed by atoms with Crippen molar-refractivity contribution in [2.75, 3.05) is 0 Å². The van der Waals surface area contributed by atoms with Crippen molar-refractivity contribution in [3.63, 3.8) is 0 Å². The molecule has 8 saturated carbocycles. The van der Waals surface area contributed by atoms with Gasteiger partial charge in [0.05, 0.1) is 0 Å². The zero-order valence-electron chi connectivity index (χ0n) is 37.7. The molecule has 4 nitrogen and oxygen atoms in total. The molecule has 0 bridgehead atoms. The van der Waals surface area contributed by atoms with Gasteiger partial charge in [0.2, 0.25) is 0 Å². The molecule has 4 heteroatoms. The Hall–Kier alpha value is -0.160. The van der Waals surface area contributed by atoms with Crippen LogP contribution in [0.2, 0.25) is 0 Å². The van der Waals surface area contributed by atoms with E-state index in [1.54, 1.807) is 70.6 Å². The van der Waals surface area contributed by atoms with Crippen LogP contribution in [0.1, 0.15) is 175 Å². The maximum atomic E-state index is 4.55. The second-order valence-electron chi connectivity index (χ2n) is 25.9. The van der Waals surface area contributed by atoms with Gasteiger partial charge in [-0.1, -0.05) is 98.3 Å². The Bertz CT molecular complexity index is 1570. The third kappa shape index (κ3) is 4.76. The molecule has 24 unspecified atom stereocenters. The average Bonchev–Trinajstić information content (AvgIpc) is 4.08. The van der Waals surface area contributed by atoms with Crippen molar-refractivity contribution in [1.82, 2.24) is 20.0 Å². The van der Waals surface area contributed by atoms with Gasteiger partial charge >= 0.3 is 0 Å². The Morgan fingerprint density at radius 1 is 0.345 bits per heavy atom. The first kappa shape index (κ1) is 37.2. The van der Waals surface area contributed by atoms with Gasteiger partial charge in [-0.3, -0.25) is 14.7 Å². The zero-order valence-corrected chi connectivity index (χ0v) is 37.7. The van der Waals surface area contributed by atoms with Crippen molar-refractivity contribution < 1.29 is 0 Å². The number of hydrogen-bond acceptors (Lipinski definition) is 4. The van der Waals surface area contributed by atoms with E-state index >= 15 is 0 Å². The quantitative estimate of drug-likeness (QED) is 0.307. The summed E-state index contributed by atoms with van der Waals surface area (Å²) in [7, 11) is 0.